The Balaban J connectivity index is 1.68. The van der Waals surface area contributed by atoms with E-state index in [1.807, 2.05) is 67.5 Å². The van der Waals surface area contributed by atoms with Gasteiger partial charge in [-0.1, -0.05) is 42.5 Å². The molecule has 3 rings (SSSR count). The second-order valence-electron chi connectivity index (χ2n) is 7.93. The number of amides is 2. The lowest BCUT2D eigenvalue weighted by Crippen LogP contribution is -2.39. The summed E-state index contributed by atoms with van der Waals surface area (Å²) in [6, 6.07) is 15.8. The van der Waals surface area contributed by atoms with E-state index in [1.165, 1.54) is 7.11 Å². The third-order valence-electron chi connectivity index (χ3n) is 5.40. The molecule has 0 saturated carbocycles. The van der Waals surface area contributed by atoms with Crippen LogP contribution in [0.2, 0.25) is 0 Å². The molecule has 0 aliphatic carbocycles. The average molecular weight is 426 g/mol. The number of fused-ring (bicyclic) bond motifs is 1. The molecule has 2 aromatic rings. The smallest absolute Gasteiger partial charge is 0.409 e. The number of carbonyl (C=O) groups excluding carboxylic acids is 2. The van der Waals surface area contributed by atoms with Gasteiger partial charge in [-0.25, -0.2) is 4.79 Å². The summed E-state index contributed by atoms with van der Waals surface area (Å²) in [5, 5.41) is 0. The second kappa shape index (κ2) is 10.8. The van der Waals surface area contributed by atoms with Crippen LogP contribution in [0.15, 0.2) is 48.5 Å². The van der Waals surface area contributed by atoms with Crippen LogP contribution in [0.3, 0.4) is 0 Å². The van der Waals surface area contributed by atoms with Crippen LogP contribution in [0.5, 0.6) is 5.75 Å². The van der Waals surface area contributed by atoms with E-state index in [0.29, 0.717) is 31.9 Å². The van der Waals surface area contributed by atoms with Gasteiger partial charge in [-0.3, -0.25) is 4.79 Å². The number of hydrogen-bond donors (Lipinski definition) is 0. The van der Waals surface area contributed by atoms with Crippen molar-refractivity contribution < 1.29 is 19.1 Å². The van der Waals surface area contributed by atoms with Crippen LogP contribution in [0.4, 0.5) is 4.79 Å². The molecule has 0 N–H and O–H groups in total. The minimum absolute atomic E-state index is 0.0467. The van der Waals surface area contributed by atoms with Crippen LogP contribution in [0.1, 0.15) is 16.7 Å². The summed E-state index contributed by atoms with van der Waals surface area (Å²) in [4.78, 5) is 30.5. The molecular weight excluding hydrogens is 394 g/mol. The molecule has 7 nitrogen and oxygen atoms in total. The van der Waals surface area contributed by atoms with E-state index in [-0.39, 0.29) is 18.6 Å². The predicted molar refractivity (Wildman–Crippen MR) is 119 cm³/mol. The summed E-state index contributed by atoms with van der Waals surface area (Å²) in [7, 11) is 5.37. The molecule has 2 aromatic carbocycles. The number of carbonyl (C=O) groups is 2. The Kier molecular flexibility index (Phi) is 7.89. The van der Waals surface area contributed by atoms with E-state index >= 15 is 0 Å². The van der Waals surface area contributed by atoms with E-state index in [9.17, 15) is 9.59 Å². The summed E-state index contributed by atoms with van der Waals surface area (Å²) in [5.41, 5.74) is 3.16. The van der Waals surface area contributed by atoms with Gasteiger partial charge in [-0.15, -0.1) is 0 Å². The average Bonchev–Trinajstić information content (AvgIpc) is 2.79. The van der Waals surface area contributed by atoms with E-state index in [4.69, 9.17) is 9.47 Å². The van der Waals surface area contributed by atoms with Gasteiger partial charge in [-0.2, -0.15) is 0 Å². The predicted octanol–water partition coefficient (Wildman–Crippen LogP) is 2.78. The Labute approximate surface area is 184 Å². The van der Waals surface area contributed by atoms with E-state index in [2.05, 4.69) is 4.90 Å². The van der Waals surface area contributed by atoms with Crippen LogP contribution in [-0.2, 0) is 29.0 Å². The van der Waals surface area contributed by atoms with Gasteiger partial charge in [0.2, 0.25) is 0 Å². The first kappa shape index (κ1) is 22.6. The molecule has 31 heavy (non-hydrogen) atoms. The minimum atomic E-state index is -0.353. The molecule has 7 heteroatoms. The van der Waals surface area contributed by atoms with Crippen LogP contribution in [0.25, 0.3) is 0 Å². The molecule has 1 heterocycles. The third kappa shape index (κ3) is 6.21. The van der Waals surface area contributed by atoms with E-state index < -0.39 is 0 Å². The molecule has 0 radical (unpaired) electrons. The third-order valence-corrected chi connectivity index (χ3v) is 5.40. The maximum absolute atomic E-state index is 13.0. The first-order chi connectivity index (χ1) is 15.0. The Morgan fingerprint density at radius 1 is 1.03 bits per heavy atom. The highest BCUT2D eigenvalue weighted by Crippen LogP contribution is 2.28. The van der Waals surface area contributed by atoms with Gasteiger partial charge in [-0.05, 0) is 37.7 Å². The highest BCUT2D eigenvalue weighted by atomic mass is 16.5. The number of benzene rings is 2. The normalized spacial score (nSPS) is 13.0. The molecule has 0 spiro atoms. The second-order valence-corrected chi connectivity index (χ2v) is 7.93. The van der Waals surface area contributed by atoms with Gasteiger partial charge in [0.25, 0.3) is 5.91 Å². The summed E-state index contributed by atoms with van der Waals surface area (Å²) in [6.45, 7) is 2.91. The van der Waals surface area contributed by atoms with Gasteiger partial charge < -0.3 is 24.2 Å². The first-order valence-electron chi connectivity index (χ1n) is 10.5. The SMILES string of the molecule is COC(=O)N1CCc2cccc(OCC(=O)N(CCN(C)C)Cc3ccccc3)c2C1. The van der Waals surface area contributed by atoms with Crippen LogP contribution in [-0.4, -0.2) is 74.1 Å². The van der Waals surface area contributed by atoms with Gasteiger partial charge in [0.05, 0.1) is 13.7 Å². The first-order valence-corrected chi connectivity index (χ1v) is 10.5. The lowest BCUT2D eigenvalue weighted by molar-refractivity contribution is -0.134. The summed E-state index contributed by atoms with van der Waals surface area (Å²) >= 11 is 0. The zero-order valence-electron chi connectivity index (χ0n) is 18.5. The molecule has 0 bridgehead atoms. The van der Waals surface area contributed by atoms with E-state index in [1.54, 1.807) is 4.90 Å². The molecular formula is C24H31N3O4. The number of hydrogen-bond acceptors (Lipinski definition) is 5. The molecule has 1 aliphatic rings. The highest BCUT2D eigenvalue weighted by Gasteiger charge is 2.24. The Bertz CT molecular complexity index is 886. The van der Waals surface area contributed by atoms with Crippen molar-refractivity contribution in [3.63, 3.8) is 0 Å². The van der Waals surface area contributed by atoms with Crippen LogP contribution in [0, 0.1) is 0 Å². The number of rotatable bonds is 8. The Morgan fingerprint density at radius 2 is 1.81 bits per heavy atom. The number of nitrogens with zero attached hydrogens (tertiary/aromatic N) is 3. The number of likely N-dealkylation sites (N-methyl/N-ethyl adjacent to an activating group) is 1. The van der Waals surface area contributed by atoms with Crippen LogP contribution < -0.4 is 4.74 Å². The largest absolute Gasteiger partial charge is 0.483 e. The van der Waals surface area contributed by atoms with Crippen molar-refractivity contribution in [3.05, 3.63) is 65.2 Å². The van der Waals surface area contributed by atoms with Crippen molar-refractivity contribution in [2.45, 2.75) is 19.5 Å². The Morgan fingerprint density at radius 3 is 2.52 bits per heavy atom. The number of ether oxygens (including phenoxy) is 2. The molecule has 0 fully saturated rings. The van der Waals surface area contributed by atoms with Crippen molar-refractivity contribution >= 4 is 12.0 Å². The monoisotopic (exact) mass is 425 g/mol. The zero-order chi connectivity index (χ0) is 22.2. The summed E-state index contributed by atoms with van der Waals surface area (Å²) in [5.74, 6) is 0.579. The summed E-state index contributed by atoms with van der Waals surface area (Å²) < 4.78 is 10.8. The standard InChI is InChI=1S/C24H31N3O4/c1-25(2)14-15-26(16-19-8-5-4-6-9-19)23(28)18-31-22-11-7-10-20-12-13-27(17-21(20)22)24(29)30-3/h4-11H,12-18H2,1-3H3. The highest BCUT2D eigenvalue weighted by molar-refractivity contribution is 5.78. The zero-order valence-corrected chi connectivity index (χ0v) is 18.5. The van der Waals surface area contributed by atoms with Gasteiger partial charge in [0.15, 0.2) is 6.61 Å². The molecule has 0 unspecified atom stereocenters. The lowest BCUT2D eigenvalue weighted by atomic mass is 9.99. The van der Waals surface area contributed by atoms with Crippen molar-refractivity contribution in [1.29, 1.82) is 0 Å². The van der Waals surface area contributed by atoms with Crippen molar-refractivity contribution in [2.24, 2.45) is 0 Å². The molecule has 1 aliphatic heterocycles. The number of methoxy groups -OCH3 is 1. The van der Waals surface area contributed by atoms with Crippen molar-refractivity contribution in [1.82, 2.24) is 14.7 Å². The molecule has 0 atom stereocenters. The van der Waals surface area contributed by atoms with Crippen molar-refractivity contribution in [3.8, 4) is 5.75 Å². The van der Waals surface area contributed by atoms with Crippen molar-refractivity contribution in [2.75, 3.05) is 47.4 Å². The fourth-order valence-electron chi connectivity index (χ4n) is 3.62. The fourth-order valence-corrected chi connectivity index (χ4v) is 3.62. The minimum Gasteiger partial charge on any atom is -0.483 e. The van der Waals surface area contributed by atoms with Gasteiger partial charge in [0, 0.05) is 31.7 Å². The Hall–Kier alpha value is -3.06. The van der Waals surface area contributed by atoms with Gasteiger partial charge >= 0.3 is 6.09 Å². The topological polar surface area (TPSA) is 62.3 Å². The van der Waals surface area contributed by atoms with E-state index in [0.717, 1.165) is 29.7 Å². The summed E-state index contributed by atoms with van der Waals surface area (Å²) in [6.07, 6.45) is 0.382. The molecule has 2 amide bonds. The molecule has 166 valence electrons. The lowest BCUT2D eigenvalue weighted by Gasteiger charge is -2.29. The van der Waals surface area contributed by atoms with Gasteiger partial charge in [0.1, 0.15) is 5.75 Å². The van der Waals surface area contributed by atoms with Crippen LogP contribution >= 0.6 is 0 Å². The quantitative estimate of drug-likeness (QED) is 0.651. The fraction of sp³-hybridized carbons (Fsp3) is 0.417. The maximum atomic E-state index is 13.0. The maximum Gasteiger partial charge on any atom is 0.409 e. The molecule has 0 saturated heterocycles. The molecule has 0 aromatic heterocycles.